The number of hydrogen-bond acceptors (Lipinski definition) is 3. The van der Waals surface area contributed by atoms with Gasteiger partial charge in [-0.1, -0.05) is 0 Å². The maximum atomic E-state index is 10.8. The third kappa shape index (κ3) is 0.540. The molecular weight excluding hydrogens is 132 g/mol. The van der Waals surface area contributed by atoms with Gasteiger partial charge < -0.3 is 5.21 Å². The maximum absolute atomic E-state index is 10.8. The molecule has 2 aromatic heterocycles. The van der Waals surface area contributed by atoms with Crippen LogP contribution in [0.5, 0.6) is 0 Å². The molecule has 0 aliphatic heterocycles. The van der Waals surface area contributed by atoms with Crippen LogP contribution < -0.4 is 4.85 Å². The van der Waals surface area contributed by atoms with E-state index >= 15 is 0 Å². The first-order chi connectivity index (χ1) is 4.88. The summed E-state index contributed by atoms with van der Waals surface area (Å²) in [7, 11) is 0. The van der Waals surface area contributed by atoms with Gasteiger partial charge in [0.2, 0.25) is 0 Å². The fourth-order valence-corrected chi connectivity index (χ4v) is 0.759. The molecule has 0 saturated heterocycles. The molecule has 5 heteroatoms. The van der Waals surface area contributed by atoms with Gasteiger partial charge in [0.15, 0.2) is 0 Å². The summed E-state index contributed by atoms with van der Waals surface area (Å²) < 4.78 is 1.31. The minimum Gasteiger partial charge on any atom is -0.692 e. The van der Waals surface area contributed by atoms with E-state index in [0.29, 0.717) is 10.6 Å². The highest BCUT2D eigenvalue weighted by molar-refractivity contribution is 5.20. The molecule has 2 heterocycles. The molecule has 0 saturated carbocycles. The lowest BCUT2D eigenvalue weighted by Crippen LogP contribution is -2.31. The Morgan fingerprint density at radius 2 is 2.40 bits per heavy atom. The van der Waals surface area contributed by atoms with Crippen LogP contribution >= 0.6 is 0 Å². The van der Waals surface area contributed by atoms with Gasteiger partial charge in [-0.15, -0.1) is 9.36 Å². The molecule has 0 unspecified atom stereocenters. The van der Waals surface area contributed by atoms with E-state index in [-0.39, 0.29) is 0 Å². The Hall–Kier alpha value is -1.65. The van der Waals surface area contributed by atoms with Crippen molar-refractivity contribution in [3.8, 4) is 0 Å². The SMILES string of the molecule is [O-][n+]1cnc2ncccn21. The molecular formula is C5H4N4O. The van der Waals surface area contributed by atoms with Crippen LogP contribution in [0, 0.1) is 5.21 Å². The molecule has 50 valence electrons. The fourth-order valence-electron chi connectivity index (χ4n) is 0.759. The number of hydrogen-bond donors (Lipinski definition) is 0. The van der Waals surface area contributed by atoms with Crippen molar-refractivity contribution in [1.29, 1.82) is 0 Å². The summed E-state index contributed by atoms with van der Waals surface area (Å²) in [4.78, 5) is 8.17. The van der Waals surface area contributed by atoms with Crippen LogP contribution in [0.15, 0.2) is 24.8 Å². The molecule has 0 fully saturated rings. The highest BCUT2D eigenvalue weighted by Gasteiger charge is 2.01. The van der Waals surface area contributed by atoms with Crippen LogP contribution in [0.25, 0.3) is 5.78 Å². The van der Waals surface area contributed by atoms with Gasteiger partial charge in [-0.05, 0) is 11.1 Å². The third-order valence-corrected chi connectivity index (χ3v) is 1.19. The van der Waals surface area contributed by atoms with Gasteiger partial charge in [0.1, 0.15) is 0 Å². The molecule has 2 aromatic rings. The largest absolute Gasteiger partial charge is 0.692 e. The van der Waals surface area contributed by atoms with Gasteiger partial charge in [0, 0.05) is 6.20 Å². The predicted octanol–water partition coefficient (Wildman–Crippen LogP) is -0.637. The van der Waals surface area contributed by atoms with E-state index < -0.39 is 0 Å². The van der Waals surface area contributed by atoms with Crippen LogP contribution in [-0.2, 0) is 0 Å². The summed E-state index contributed by atoms with van der Waals surface area (Å²) >= 11 is 0. The molecule has 0 atom stereocenters. The third-order valence-electron chi connectivity index (χ3n) is 1.19. The summed E-state index contributed by atoms with van der Waals surface area (Å²) in [6, 6.07) is 1.67. The van der Waals surface area contributed by atoms with E-state index in [0.717, 1.165) is 0 Å². The molecule has 0 aliphatic carbocycles. The van der Waals surface area contributed by atoms with Crippen molar-refractivity contribution in [3.05, 3.63) is 30.0 Å². The molecule has 0 N–H and O–H groups in total. The van der Waals surface area contributed by atoms with Crippen molar-refractivity contribution in [2.45, 2.75) is 0 Å². The molecule has 5 nitrogen and oxygen atoms in total. The molecule has 0 bridgehead atoms. The minimum absolute atomic E-state index is 0.414. The van der Waals surface area contributed by atoms with Gasteiger partial charge in [0.25, 0.3) is 0 Å². The first-order valence-corrected chi connectivity index (χ1v) is 2.75. The van der Waals surface area contributed by atoms with Crippen LogP contribution in [0.2, 0.25) is 0 Å². The van der Waals surface area contributed by atoms with E-state index in [1.165, 1.54) is 10.8 Å². The summed E-state index contributed by atoms with van der Waals surface area (Å²) in [5.74, 6) is 0.414. The van der Waals surface area contributed by atoms with Crippen LogP contribution in [0.3, 0.4) is 0 Å². The van der Waals surface area contributed by atoms with E-state index in [1.807, 2.05) is 0 Å². The molecule has 10 heavy (non-hydrogen) atoms. The Morgan fingerprint density at radius 3 is 3.20 bits per heavy atom. The Morgan fingerprint density at radius 1 is 1.50 bits per heavy atom. The Kier molecular flexibility index (Phi) is 0.858. The molecule has 0 radical (unpaired) electrons. The first kappa shape index (κ1) is 5.16. The van der Waals surface area contributed by atoms with Crippen molar-refractivity contribution < 1.29 is 4.85 Å². The van der Waals surface area contributed by atoms with Gasteiger partial charge in [-0.2, -0.15) is 4.98 Å². The van der Waals surface area contributed by atoms with Crippen molar-refractivity contribution >= 4 is 5.78 Å². The van der Waals surface area contributed by atoms with E-state index in [9.17, 15) is 5.21 Å². The highest BCUT2D eigenvalue weighted by atomic mass is 16.5. The second kappa shape index (κ2) is 1.66. The van der Waals surface area contributed by atoms with E-state index in [2.05, 4.69) is 9.97 Å². The standard InChI is InChI=1S/C5H4N4O/c10-9-4-7-5-6-2-1-3-8(5)9/h1-4H. The van der Waals surface area contributed by atoms with Gasteiger partial charge in [-0.25, -0.2) is 0 Å². The van der Waals surface area contributed by atoms with Crippen molar-refractivity contribution in [2.24, 2.45) is 0 Å². The summed E-state index contributed by atoms with van der Waals surface area (Å²) in [6.07, 6.45) is 4.35. The lowest BCUT2D eigenvalue weighted by Gasteiger charge is -1.94. The van der Waals surface area contributed by atoms with Crippen LogP contribution in [0.4, 0.5) is 0 Å². The van der Waals surface area contributed by atoms with Crippen molar-refractivity contribution in [3.63, 3.8) is 0 Å². The van der Waals surface area contributed by atoms with Crippen molar-refractivity contribution in [1.82, 2.24) is 14.5 Å². The first-order valence-electron chi connectivity index (χ1n) is 2.75. The van der Waals surface area contributed by atoms with Gasteiger partial charge in [0.05, 0.1) is 6.20 Å². The molecule has 0 aliphatic rings. The van der Waals surface area contributed by atoms with Crippen molar-refractivity contribution in [2.75, 3.05) is 0 Å². The van der Waals surface area contributed by atoms with E-state index in [1.54, 1.807) is 18.5 Å². The Bertz CT molecular complexity index is 355. The normalized spacial score (nSPS) is 10.4. The molecule has 0 aromatic carbocycles. The fraction of sp³-hybridized carbons (Fsp3) is 0. The second-order valence-electron chi connectivity index (χ2n) is 1.81. The summed E-state index contributed by atoms with van der Waals surface area (Å²) in [5.41, 5.74) is 0. The predicted molar refractivity (Wildman–Crippen MR) is 31.9 cm³/mol. The summed E-state index contributed by atoms with van der Waals surface area (Å²) in [5, 5.41) is 10.8. The number of aromatic nitrogens is 4. The average molecular weight is 136 g/mol. The quantitative estimate of drug-likeness (QED) is 0.357. The topological polar surface area (TPSA) is 57.1 Å². The van der Waals surface area contributed by atoms with Gasteiger partial charge >= 0.3 is 12.1 Å². The second-order valence-corrected chi connectivity index (χ2v) is 1.81. The number of nitrogens with zero attached hydrogens (tertiary/aromatic N) is 4. The monoisotopic (exact) mass is 136 g/mol. The number of fused-ring (bicyclic) bond motifs is 1. The van der Waals surface area contributed by atoms with Crippen LogP contribution in [0.1, 0.15) is 0 Å². The smallest absolute Gasteiger partial charge is 0.380 e. The van der Waals surface area contributed by atoms with E-state index in [4.69, 9.17) is 0 Å². The lowest BCUT2D eigenvalue weighted by atomic mass is 10.7. The molecule has 0 spiro atoms. The maximum Gasteiger partial charge on any atom is 0.380 e. The zero-order chi connectivity index (χ0) is 6.97. The lowest BCUT2D eigenvalue weighted by molar-refractivity contribution is -0.678. The minimum atomic E-state index is 0.414. The molecule has 0 amide bonds. The van der Waals surface area contributed by atoms with Gasteiger partial charge in [-0.3, -0.25) is 0 Å². The number of rotatable bonds is 0. The Labute approximate surface area is 56.1 Å². The zero-order valence-electron chi connectivity index (χ0n) is 5.01. The highest BCUT2D eigenvalue weighted by Crippen LogP contribution is 1.86. The summed E-state index contributed by atoms with van der Waals surface area (Å²) in [6.45, 7) is 0. The average Bonchev–Trinajstić information content (AvgIpc) is 2.34. The molecule has 2 rings (SSSR count). The Balaban J connectivity index is 2.93. The zero-order valence-corrected chi connectivity index (χ0v) is 5.01. The van der Waals surface area contributed by atoms with Crippen LogP contribution in [-0.4, -0.2) is 14.5 Å².